The van der Waals surface area contributed by atoms with Crippen LogP contribution < -0.4 is 5.32 Å². The third-order valence-corrected chi connectivity index (χ3v) is 3.58. The molecule has 0 aromatic heterocycles. The van der Waals surface area contributed by atoms with Gasteiger partial charge in [-0.2, -0.15) is 0 Å². The van der Waals surface area contributed by atoms with Crippen molar-refractivity contribution in [3.63, 3.8) is 0 Å². The number of benzene rings is 1. The van der Waals surface area contributed by atoms with Crippen molar-refractivity contribution in [2.24, 2.45) is 0 Å². The first-order chi connectivity index (χ1) is 10.1. The Morgan fingerprint density at radius 3 is 2.57 bits per heavy atom. The molecule has 1 heterocycles. The van der Waals surface area contributed by atoms with Gasteiger partial charge in [0.15, 0.2) is 5.79 Å². The maximum Gasteiger partial charge on any atom is 0.247 e. The lowest BCUT2D eigenvalue weighted by Gasteiger charge is -2.22. The van der Waals surface area contributed by atoms with Crippen LogP contribution in [0.4, 0.5) is 0 Å². The van der Waals surface area contributed by atoms with E-state index in [9.17, 15) is 4.79 Å². The lowest BCUT2D eigenvalue weighted by Crippen LogP contribution is -2.34. The lowest BCUT2D eigenvalue weighted by atomic mass is 10.1. The number of ether oxygens (including phenoxy) is 2. The molecule has 4 heteroatoms. The van der Waals surface area contributed by atoms with E-state index in [0.717, 1.165) is 11.1 Å². The Labute approximate surface area is 126 Å². The first-order valence-electron chi connectivity index (χ1n) is 7.45. The molecule has 0 saturated carbocycles. The second-order valence-corrected chi connectivity index (χ2v) is 5.27. The zero-order chi connectivity index (χ0) is 15.1. The summed E-state index contributed by atoms with van der Waals surface area (Å²) in [6.45, 7) is 5.68. The van der Waals surface area contributed by atoms with Crippen molar-refractivity contribution in [1.82, 2.24) is 5.32 Å². The average Bonchev–Trinajstić information content (AvgIpc) is 2.92. The SMILES string of the molecule is CC/C(=C\c1ccccc1)C(=O)NCCC1(C)OCCO1. The van der Waals surface area contributed by atoms with Crippen LogP contribution in [0, 0.1) is 0 Å². The van der Waals surface area contributed by atoms with Gasteiger partial charge in [-0.05, 0) is 25.0 Å². The summed E-state index contributed by atoms with van der Waals surface area (Å²) in [5.41, 5.74) is 1.82. The molecular weight excluding hydrogens is 266 g/mol. The Morgan fingerprint density at radius 2 is 1.95 bits per heavy atom. The Bertz CT molecular complexity index is 490. The van der Waals surface area contributed by atoms with Crippen molar-refractivity contribution in [2.45, 2.75) is 32.5 Å². The Balaban J connectivity index is 1.87. The lowest BCUT2D eigenvalue weighted by molar-refractivity contribution is -0.146. The molecule has 1 fully saturated rings. The number of amides is 1. The average molecular weight is 289 g/mol. The minimum Gasteiger partial charge on any atom is -0.352 e. The zero-order valence-electron chi connectivity index (χ0n) is 12.7. The van der Waals surface area contributed by atoms with Crippen LogP contribution in [0.15, 0.2) is 35.9 Å². The van der Waals surface area contributed by atoms with E-state index in [1.807, 2.05) is 50.3 Å². The highest BCUT2D eigenvalue weighted by Crippen LogP contribution is 2.21. The highest BCUT2D eigenvalue weighted by molar-refractivity contribution is 5.97. The maximum absolute atomic E-state index is 12.2. The topological polar surface area (TPSA) is 47.6 Å². The molecule has 0 radical (unpaired) electrons. The molecule has 0 aliphatic carbocycles. The fraction of sp³-hybridized carbons (Fsp3) is 0.471. The predicted octanol–water partition coefficient (Wildman–Crippen LogP) is 2.75. The van der Waals surface area contributed by atoms with Gasteiger partial charge in [0, 0.05) is 18.5 Å². The van der Waals surface area contributed by atoms with Crippen LogP contribution in [0.1, 0.15) is 32.3 Å². The minimum atomic E-state index is -0.553. The normalized spacial score (nSPS) is 17.7. The monoisotopic (exact) mass is 289 g/mol. The third kappa shape index (κ3) is 4.69. The van der Waals surface area contributed by atoms with Crippen molar-refractivity contribution >= 4 is 12.0 Å². The summed E-state index contributed by atoms with van der Waals surface area (Å²) in [4.78, 5) is 12.2. The van der Waals surface area contributed by atoms with Crippen LogP contribution in [0.2, 0.25) is 0 Å². The molecule has 1 N–H and O–H groups in total. The quantitative estimate of drug-likeness (QED) is 0.819. The van der Waals surface area contributed by atoms with E-state index in [2.05, 4.69) is 5.32 Å². The number of hydrogen-bond donors (Lipinski definition) is 1. The van der Waals surface area contributed by atoms with Crippen molar-refractivity contribution in [1.29, 1.82) is 0 Å². The van der Waals surface area contributed by atoms with Gasteiger partial charge < -0.3 is 14.8 Å². The second kappa shape index (κ2) is 7.38. The largest absolute Gasteiger partial charge is 0.352 e. The highest BCUT2D eigenvalue weighted by Gasteiger charge is 2.30. The second-order valence-electron chi connectivity index (χ2n) is 5.27. The van der Waals surface area contributed by atoms with Gasteiger partial charge >= 0.3 is 0 Å². The van der Waals surface area contributed by atoms with Crippen molar-refractivity contribution in [3.8, 4) is 0 Å². The van der Waals surface area contributed by atoms with Crippen molar-refractivity contribution in [2.75, 3.05) is 19.8 Å². The van der Waals surface area contributed by atoms with Crippen LogP contribution in [-0.4, -0.2) is 31.5 Å². The summed E-state index contributed by atoms with van der Waals surface area (Å²) < 4.78 is 11.0. The van der Waals surface area contributed by atoms with E-state index in [4.69, 9.17) is 9.47 Å². The molecule has 114 valence electrons. The zero-order valence-corrected chi connectivity index (χ0v) is 12.7. The Morgan fingerprint density at radius 1 is 1.29 bits per heavy atom. The molecular formula is C17H23NO3. The fourth-order valence-electron chi connectivity index (χ4n) is 2.30. The van der Waals surface area contributed by atoms with Crippen molar-refractivity contribution in [3.05, 3.63) is 41.5 Å². The third-order valence-electron chi connectivity index (χ3n) is 3.58. The summed E-state index contributed by atoms with van der Waals surface area (Å²) in [6, 6.07) is 9.87. The van der Waals surface area contributed by atoms with Gasteiger partial charge in [0.05, 0.1) is 13.2 Å². The molecule has 0 atom stereocenters. The van der Waals surface area contributed by atoms with E-state index in [-0.39, 0.29) is 5.91 Å². The smallest absolute Gasteiger partial charge is 0.247 e. The number of carbonyl (C=O) groups is 1. The van der Waals surface area contributed by atoms with E-state index in [1.54, 1.807) is 0 Å². The molecule has 1 saturated heterocycles. The number of nitrogens with one attached hydrogen (secondary N) is 1. The molecule has 1 aromatic carbocycles. The molecule has 2 rings (SSSR count). The summed E-state index contributed by atoms with van der Waals surface area (Å²) in [5.74, 6) is -0.578. The van der Waals surface area contributed by atoms with Gasteiger partial charge in [-0.15, -0.1) is 0 Å². The molecule has 1 aliphatic heterocycles. The fourth-order valence-corrected chi connectivity index (χ4v) is 2.30. The van der Waals surface area contributed by atoms with Gasteiger partial charge in [0.1, 0.15) is 0 Å². The first-order valence-corrected chi connectivity index (χ1v) is 7.45. The molecule has 21 heavy (non-hydrogen) atoms. The molecule has 0 bridgehead atoms. The van der Waals surface area contributed by atoms with Crippen molar-refractivity contribution < 1.29 is 14.3 Å². The predicted molar refractivity (Wildman–Crippen MR) is 82.6 cm³/mol. The van der Waals surface area contributed by atoms with Crippen LogP contribution >= 0.6 is 0 Å². The van der Waals surface area contributed by atoms with Crippen LogP contribution in [0.3, 0.4) is 0 Å². The van der Waals surface area contributed by atoms with Gasteiger partial charge in [0.25, 0.3) is 0 Å². The molecule has 1 aromatic rings. The number of carbonyl (C=O) groups excluding carboxylic acids is 1. The van der Waals surface area contributed by atoms with E-state index >= 15 is 0 Å². The molecule has 1 amide bonds. The molecule has 1 aliphatic rings. The van der Waals surface area contributed by atoms with Gasteiger partial charge in [-0.3, -0.25) is 4.79 Å². The van der Waals surface area contributed by atoms with Crippen LogP contribution in [0.5, 0.6) is 0 Å². The minimum absolute atomic E-state index is 0.0250. The molecule has 4 nitrogen and oxygen atoms in total. The van der Waals surface area contributed by atoms with Gasteiger partial charge in [-0.1, -0.05) is 37.3 Å². The summed E-state index contributed by atoms with van der Waals surface area (Å²) >= 11 is 0. The summed E-state index contributed by atoms with van der Waals surface area (Å²) in [6.07, 6.45) is 3.28. The Hall–Kier alpha value is -1.65. The van der Waals surface area contributed by atoms with E-state index in [0.29, 0.717) is 32.6 Å². The van der Waals surface area contributed by atoms with E-state index < -0.39 is 5.79 Å². The maximum atomic E-state index is 12.2. The highest BCUT2D eigenvalue weighted by atomic mass is 16.7. The van der Waals surface area contributed by atoms with Crippen LogP contribution in [0.25, 0.3) is 6.08 Å². The van der Waals surface area contributed by atoms with E-state index in [1.165, 1.54) is 0 Å². The standard InChI is InChI=1S/C17H23NO3/c1-3-15(13-14-7-5-4-6-8-14)16(19)18-10-9-17(2)20-11-12-21-17/h4-8,13H,3,9-12H2,1-2H3,(H,18,19)/b15-13+. The first kappa shape index (κ1) is 15.7. The molecule has 0 unspecified atom stereocenters. The molecule has 0 spiro atoms. The van der Waals surface area contributed by atoms with Gasteiger partial charge in [-0.25, -0.2) is 0 Å². The number of hydrogen-bond acceptors (Lipinski definition) is 3. The summed E-state index contributed by atoms with van der Waals surface area (Å²) in [7, 11) is 0. The summed E-state index contributed by atoms with van der Waals surface area (Å²) in [5, 5.41) is 2.94. The number of rotatable bonds is 6. The Kier molecular flexibility index (Phi) is 5.53. The van der Waals surface area contributed by atoms with Gasteiger partial charge in [0.2, 0.25) is 5.91 Å². The van der Waals surface area contributed by atoms with Crippen LogP contribution in [-0.2, 0) is 14.3 Å².